The third kappa shape index (κ3) is 3.59. The second-order valence-corrected chi connectivity index (χ2v) is 5.42. The second kappa shape index (κ2) is 7.09. The fraction of sp³-hybridized carbons (Fsp3) is 0.353. The van der Waals surface area contributed by atoms with Gasteiger partial charge in [0.2, 0.25) is 0 Å². The first-order valence-electron chi connectivity index (χ1n) is 7.63. The van der Waals surface area contributed by atoms with Crippen LogP contribution in [0.4, 0.5) is 5.82 Å². The van der Waals surface area contributed by atoms with Crippen molar-refractivity contribution in [2.45, 2.75) is 12.8 Å². The Balaban J connectivity index is 1.68. The van der Waals surface area contributed by atoms with Gasteiger partial charge in [-0.1, -0.05) is 12.1 Å². The molecule has 0 N–H and O–H groups in total. The molecule has 0 amide bonds. The quantitative estimate of drug-likeness (QED) is 0.637. The molecule has 0 radical (unpaired) electrons. The van der Waals surface area contributed by atoms with Crippen LogP contribution in [0.1, 0.15) is 12.8 Å². The molecule has 1 aromatic heterocycles. The van der Waals surface area contributed by atoms with Gasteiger partial charge in [0.1, 0.15) is 5.82 Å². The summed E-state index contributed by atoms with van der Waals surface area (Å²) in [4.78, 5) is 22.9. The Morgan fingerprint density at radius 3 is 2.83 bits per heavy atom. The lowest BCUT2D eigenvalue weighted by Gasteiger charge is -2.32. The molecule has 120 valence electrons. The van der Waals surface area contributed by atoms with Gasteiger partial charge in [0, 0.05) is 25.5 Å². The van der Waals surface area contributed by atoms with Crippen molar-refractivity contribution in [2.24, 2.45) is 5.92 Å². The molecule has 0 bridgehead atoms. The number of esters is 1. The summed E-state index contributed by atoms with van der Waals surface area (Å²) in [6.07, 6.45) is 6.74. The maximum absolute atomic E-state index is 12.5. The van der Waals surface area contributed by atoms with Gasteiger partial charge in [-0.15, -0.1) is 0 Å². The van der Waals surface area contributed by atoms with Crippen molar-refractivity contribution in [3.8, 4) is 11.5 Å². The maximum atomic E-state index is 12.5. The van der Waals surface area contributed by atoms with Gasteiger partial charge in [-0.05, 0) is 25.0 Å². The number of ether oxygens (including phenoxy) is 2. The van der Waals surface area contributed by atoms with E-state index >= 15 is 0 Å². The van der Waals surface area contributed by atoms with Crippen molar-refractivity contribution in [2.75, 3.05) is 25.1 Å². The molecule has 3 rings (SSSR count). The van der Waals surface area contributed by atoms with Gasteiger partial charge in [0.15, 0.2) is 11.5 Å². The van der Waals surface area contributed by atoms with Crippen LogP contribution in [0, 0.1) is 5.92 Å². The molecule has 1 aromatic carbocycles. The Labute approximate surface area is 135 Å². The molecule has 0 saturated carbocycles. The van der Waals surface area contributed by atoms with Crippen molar-refractivity contribution < 1.29 is 14.3 Å². The number of aromatic nitrogens is 2. The third-order valence-corrected chi connectivity index (χ3v) is 3.91. The minimum absolute atomic E-state index is 0.185. The van der Waals surface area contributed by atoms with Crippen LogP contribution in [-0.2, 0) is 4.79 Å². The molecule has 1 atom stereocenters. The van der Waals surface area contributed by atoms with Crippen molar-refractivity contribution in [1.82, 2.24) is 9.97 Å². The summed E-state index contributed by atoms with van der Waals surface area (Å²) in [5, 5.41) is 0. The molecule has 1 saturated heterocycles. The number of rotatable bonds is 4. The van der Waals surface area contributed by atoms with E-state index in [1.807, 2.05) is 12.1 Å². The van der Waals surface area contributed by atoms with Crippen LogP contribution in [0.2, 0.25) is 0 Å². The van der Waals surface area contributed by atoms with Crippen LogP contribution in [0.25, 0.3) is 0 Å². The van der Waals surface area contributed by atoms with E-state index in [0.29, 0.717) is 18.0 Å². The van der Waals surface area contributed by atoms with Crippen LogP contribution in [-0.4, -0.2) is 36.1 Å². The van der Waals surface area contributed by atoms with Gasteiger partial charge in [0.25, 0.3) is 0 Å². The summed E-state index contributed by atoms with van der Waals surface area (Å²) >= 11 is 0. The average molecular weight is 313 g/mol. The van der Waals surface area contributed by atoms with E-state index in [0.717, 1.165) is 25.2 Å². The first-order valence-corrected chi connectivity index (χ1v) is 7.63. The minimum Gasteiger partial charge on any atom is -0.493 e. The predicted octanol–water partition coefficient (Wildman–Crippen LogP) is 2.31. The molecule has 0 spiro atoms. The van der Waals surface area contributed by atoms with Crippen molar-refractivity contribution in [3.05, 3.63) is 42.9 Å². The minimum atomic E-state index is -0.233. The Bertz CT molecular complexity index is 663. The number of hydrogen-bond donors (Lipinski definition) is 0. The third-order valence-electron chi connectivity index (χ3n) is 3.91. The lowest BCUT2D eigenvalue weighted by atomic mass is 9.98. The number of benzene rings is 1. The molecule has 0 unspecified atom stereocenters. The first kappa shape index (κ1) is 15.3. The number of hydrogen-bond acceptors (Lipinski definition) is 6. The zero-order valence-corrected chi connectivity index (χ0v) is 13.0. The highest BCUT2D eigenvalue weighted by atomic mass is 16.6. The van der Waals surface area contributed by atoms with Crippen molar-refractivity contribution in [1.29, 1.82) is 0 Å². The molecule has 1 fully saturated rings. The normalized spacial score (nSPS) is 17.6. The highest BCUT2D eigenvalue weighted by Crippen LogP contribution is 2.28. The molecule has 6 nitrogen and oxygen atoms in total. The summed E-state index contributed by atoms with van der Waals surface area (Å²) in [6.45, 7) is 1.46. The van der Waals surface area contributed by atoms with E-state index in [1.54, 1.807) is 37.8 Å². The molecular weight excluding hydrogens is 294 g/mol. The standard InChI is InChI=1S/C17H19N3O3/c1-22-14-6-2-3-7-15(14)23-17(21)13-5-4-10-20(12-13)16-11-18-8-9-19-16/h2-3,6-9,11,13H,4-5,10,12H2,1H3/t13-/m1/s1. The number of anilines is 1. The fourth-order valence-corrected chi connectivity index (χ4v) is 2.73. The van der Waals surface area contributed by atoms with Gasteiger partial charge in [-0.3, -0.25) is 9.78 Å². The number of piperidine rings is 1. The molecule has 6 heteroatoms. The number of carbonyl (C=O) groups excluding carboxylic acids is 1. The largest absolute Gasteiger partial charge is 0.493 e. The lowest BCUT2D eigenvalue weighted by Crippen LogP contribution is -2.40. The Morgan fingerprint density at radius 1 is 1.26 bits per heavy atom. The number of carbonyl (C=O) groups is 1. The predicted molar refractivity (Wildman–Crippen MR) is 85.6 cm³/mol. The van der Waals surface area contributed by atoms with Crippen molar-refractivity contribution >= 4 is 11.8 Å². The van der Waals surface area contributed by atoms with Gasteiger partial charge in [0.05, 0.1) is 19.2 Å². The van der Waals surface area contributed by atoms with E-state index in [-0.39, 0.29) is 11.9 Å². The summed E-state index contributed by atoms with van der Waals surface area (Å²) < 4.78 is 10.8. The molecule has 1 aliphatic rings. The first-order chi connectivity index (χ1) is 11.3. The molecule has 1 aliphatic heterocycles. The average Bonchev–Trinajstić information content (AvgIpc) is 2.63. The highest BCUT2D eigenvalue weighted by Gasteiger charge is 2.28. The van der Waals surface area contributed by atoms with Crippen LogP contribution in [0.15, 0.2) is 42.9 Å². The van der Waals surface area contributed by atoms with Crippen LogP contribution in [0.5, 0.6) is 11.5 Å². The van der Waals surface area contributed by atoms with Gasteiger partial charge < -0.3 is 14.4 Å². The summed E-state index contributed by atoms with van der Waals surface area (Å²) in [6, 6.07) is 7.17. The van der Waals surface area contributed by atoms with Crippen LogP contribution in [0.3, 0.4) is 0 Å². The van der Waals surface area contributed by atoms with E-state index in [1.165, 1.54) is 0 Å². The van der Waals surface area contributed by atoms with E-state index in [9.17, 15) is 4.79 Å². The summed E-state index contributed by atoms with van der Waals surface area (Å²) in [5.74, 6) is 1.39. The number of methoxy groups -OCH3 is 1. The summed E-state index contributed by atoms with van der Waals surface area (Å²) in [7, 11) is 1.56. The number of para-hydroxylation sites is 2. The zero-order chi connectivity index (χ0) is 16.1. The van der Waals surface area contributed by atoms with Crippen LogP contribution < -0.4 is 14.4 Å². The summed E-state index contributed by atoms with van der Waals surface area (Å²) in [5.41, 5.74) is 0. The van der Waals surface area contributed by atoms with Gasteiger partial charge in [-0.25, -0.2) is 4.98 Å². The zero-order valence-electron chi connectivity index (χ0n) is 13.0. The molecule has 23 heavy (non-hydrogen) atoms. The Morgan fingerprint density at radius 2 is 2.09 bits per heavy atom. The number of nitrogens with zero attached hydrogens (tertiary/aromatic N) is 3. The SMILES string of the molecule is COc1ccccc1OC(=O)[C@@H]1CCCN(c2cnccn2)C1. The van der Waals surface area contributed by atoms with Crippen molar-refractivity contribution in [3.63, 3.8) is 0 Å². The maximum Gasteiger partial charge on any atom is 0.316 e. The topological polar surface area (TPSA) is 64.6 Å². The van der Waals surface area contributed by atoms with Gasteiger partial charge in [-0.2, -0.15) is 0 Å². The monoisotopic (exact) mass is 313 g/mol. The fourth-order valence-electron chi connectivity index (χ4n) is 2.73. The van der Waals surface area contributed by atoms with E-state index in [4.69, 9.17) is 9.47 Å². The highest BCUT2D eigenvalue weighted by molar-refractivity contribution is 5.76. The van der Waals surface area contributed by atoms with Crippen LogP contribution >= 0.6 is 0 Å². The molecule has 2 aromatic rings. The van der Waals surface area contributed by atoms with Gasteiger partial charge >= 0.3 is 5.97 Å². The smallest absolute Gasteiger partial charge is 0.316 e. The van der Waals surface area contributed by atoms with E-state index < -0.39 is 0 Å². The lowest BCUT2D eigenvalue weighted by molar-refractivity contribution is -0.139. The second-order valence-electron chi connectivity index (χ2n) is 5.42. The molecule has 2 heterocycles. The van der Waals surface area contributed by atoms with E-state index in [2.05, 4.69) is 14.9 Å². The molecular formula is C17H19N3O3. The Kier molecular flexibility index (Phi) is 4.71. The molecule has 0 aliphatic carbocycles. The Hall–Kier alpha value is -2.63.